The van der Waals surface area contributed by atoms with E-state index >= 15 is 0 Å². The molecule has 1 spiro atoms. The monoisotopic (exact) mass is 530 g/mol. The molecule has 0 aromatic heterocycles. The summed E-state index contributed by atoms with van der Waals surface area (Å²) in [6, 6.07) is 0. The maximum absolute atomic E-state index is 13.0. The van der Waals surface area contributed by atoms with Crippen LogP contribution in [0.3, 0.4) is 0 Å². The number of carbonyl (C=O) groups excluding carboxylic acids is 2. The highest BCUT2D eigenvalue weighted by Gasteiger charge is 2.83. The first kappa shape index (κ1) is 26.2. The van der Waals surface area contributed by atoms with Crippen molar-refractivity contribution in [3.8, 4) is 0 Å². The van der Waals surface area contributed by atoms with Gasteiger partial charge in [-0.2, -0.15) is 0 Å². The largest absolute Gasteiger partial charge is 0.462 e. The average molecular weight is 531 g/mol. The average Bonchev–Trinajstić information content (AvgIpc) is 3.25. The molecule has 8 bridgehead atoms. The van der Waals surface area contributed by atoms with Crippen molar-refractivity contribution < 1.29 is 43.5 Å². The Morgan fingerprint density at radius 3 is 2.58 bits per heavy atom. The molecular weight excluding hydrogens is 492 g/mol. The molecule has 3 saturated carbocycles. The van der Waals surface area contributed by atoms with Gasteiger partial charge < -0.3 is 33.9 Å². The Hall–Kier alpha value is -2.04. The van der Waals surface area contributed by atoms with Gasteiger partial charge in [0.1, 0.15) is 24.4 Å². The molecule has 0 aromatic carbocycles. The Morgan fingerprint density at radius 2 is 1.79 bits per heavy atom. The summed E-state index contributed by atoms with van der Waals surface area (Å²) in [5.74, 6) is -1.35. The number of aliphatic hydroxyl groups is 2. The maximum Gasteiger partial charge on any atom is 0.331 e. The van der Waals surface area contributed by atoms with E-state index in [-0.39, 0.29) is 24.7 Å². The third-order valence-electron chi connectivity index (χ3n) is 10.5. The Bertz CT molecular complexity index is 1110. The van der Waals surface area contributed by atoms with Gasteiger partial charge in [-0.05, 0) is 40.0 Å². The molecule has 208 valence electrons. The highest BCUT2D eigenvalue weighted by molar-refractivity contribution is 5.83. The first-order valence-corrected chi connectivity index (χ1v) is 13.7. The second-order valence-electron chi connectivity index (χ2n) is 12.6. The molecule has 7 aliphatic rings. The van der Waals surface area contributed by atoms with Crippen molar-refractivity contribution in [2.75, 3.05) is 6.61 Å². The van der Waals surface area contributed by atoms with Crippen molar-refractivity contribution in [2.24, 2.45) is 16.7 Å². The standard InChI is InChI=1S/C29H38O9/c1-16-11-23(31)34-15-28-10-9-26(3,32)18-14-29(33)21(38-25(18)28)13-20(27(28,29)4)37-22(30)8-6-5-7-19-17(2)35-24(12-16)36-19/h5-8,11,17-21,24-25,32-33H,9-10,12-15H2,1-4H3/b7-5-,8-6-,16-11-/t17-,18-,19-,20+,21+,24+,25+,26-,27+,28+,29-/m0/s1. The lowest BCUT2D eigenvalue weighted by molar-refractivity contribution is -0.377. The van der Waals surface area contributed by atoms with E-state index in [4.69, 9.17) is 23.7 Å². The lowest BCUT2D eigenvalue weighted by Crippen LogP contribution is -2.80. The second-order valence-corrected chi connectivity index (χ2v) is 12.6. The van der Waals surface area contributed by atoms with Gasteiger partial charge in [0.05, 0.1) is 23.9 Å². The fourth-order valence-electron chi connectivity index (χ4n) is 8.29. The summed E-state index contributed by atoms with van der Waals surface area (Å²) in [6.45, 7) is 7.47. The molecule has 4 aliphatic heterocycles. The minimum atomic E-state index is -1.34. The number of esters is 2. The van der Waals surface area contributed by atoms with Crippen LogP contribution in [0.25, 0.3) is 0 Å². The summed E-state index contributed by atoms with van der Waals surface area (Å²) in [4.78, 5) is 25.9. The molecule has 7 rings (SSSR count). The number of fused-ring (bicyclic) bond motifs is 2. The van der Waals surface area contributed by atoms with Gasteiger partial charge in [0.15, 0.2) is 6.29 Å². The van der Waals surface area contributed by atoms with E-state index < -0.39 is 58.6 Å². The number of hydrogen-bond acceptors (Lipinski definition) is 9. The number of hydrogen-bond donors (Lipinski definition) is 2. The first-order chi connectivity index (χ1) is 17.9. The van der Waals surface area contributed by atoms with Gasteiger partial charge >= 0.3 is 11.9 Å². The van der Waals surface area contributed by atoms with Gasteiger partial charge in [-0.15, -0.1) is 0 Å². The SMILES string of the molecule is C/C1=C/C(=O)OC[C@@]23CC[C@](C)(O)[C@H]4C[C@]5(O)[C@@H](C[C@@H](OC(=O)/C=C\C=C/[C@@H]6O[C@H](C1)O[C@H]6C)[C@]25C)O[C@H]43. The Labute approximate surface area is 222 Å². The quantitative estimate of drug-likeness (QED) is 0.455. The predicted octanol–water partition coefficient (Wildman–Crippen LogP) is 2.49. The van der Waals surface area contributed by atoms with Crippen LogP contribution in [0.15, 0.2) is 36.0 Å². The van der Waals surface area contributed by atoms with Crippen LogP contribution >= 0.6 is 0 Å². The third-order valence-corrected chi connectivity index (χ3v) is 10.5. The van der Waals surface area contributed by atoms with E-state index in [2.05, 4.69) is 0 Å². The Morgan fingerprint density at radius 1 is 1.00 bits per heavy atom. The number of ether oxygens (including phenoxy) is 5. The first-order valence-electron chi connectivity index (χ1n) is 13.7. The smallest absolute Gasteiger partial charge is 0.331 e. The van der Waals surface area contributed by atoms with Crippen molar-refractivity contribution in [1.29, 1.82) is 0 Å². The van der Waals surface area contributed by atoms with E-state index in [1.165, 1.54) is 12.2 Å². The molecule has 9 heteroatoms. The van der Waals surface area contributed by atoms with Crippen molar-refractivity contribution in [3.63, 3.8) is 0 Å². The third kappa shape index (κ3) is 3.62. The molecule has 4 heterocycles. The van der Waals surface area contributed by atoms with E-state index in [1.54, 1.807) is 19.1 Å². The summed E-state index contributed by atoms with van der Waals surface area (Å²) in [5.41, 5.74) is -3.36. The minimum Gasteiger partial charge on any atom is -0.462 e. The summed E-state index contributed by atoms with van der Waals surface area (Å²) >= 11 is 0. The maximum atomic E-state index is 13.0. The molecule has 6 fully saturated rings. The number of rotatable bonds is 0. The van der Waals surface area contributed by atoms with Crippen LogP contribution in [0.5, 0.6) is 0 Å². The van der Waals surface area contributed by atoms with Crippen LogP contribution in [0, 0.1) is 16.7 Å². The predicted molar refractivity (Wildman–Crippen MR) is 133 cm³/mol. The molecule has 0 radical (unpaired) electrons. The van der Waals surface area contributed by atoms with Crippen LogP contribution < -0.4 is 0 Å². The molecule has 9 nitrogen and oxygen atoms in total. The lowest BCUT2D eigenvalue weighted by Gasteiger charge is -2.71. The molecule has 0 aromatic rings. The van der Waals surface area contributed by atoms with Gasteiger partial charge in [-0.3, -0.25) is 0 Å². The molecule has 3 saturated heterocycles. The molecule has 0 unspecified atom stereocenters. The van der Waals surface area contributed by atoms with Crippen LogP contribution in [0.4, 0.5) is 0 Å². The molecule has 11 atom stereocenters. The van der Waals surface area contributed by atoms with Gasteiger partial charge in [-0.25, -0.2) is 9.59 Å². The van der Waals surface area contributed by atoms with Crippen LogP contribution in [0.2, 0.25) is 0 Å². The molecular formula is C29H38O9. The molecule has 0 amide bonds. The zero-order valence-corrected chi connectivity index (χ0v) is 22.4. The number of allylic oxidation sites excluding steroid dienone is 2. The number of cyclic esters (lactones) is 1. The van der Waals surface area contributed by atoms with Crippen molar-refractivity contribution >= 4 is 11.9 Å². The van der Waals surface area contributed by atoms with Crippen molar-refractivity contribution in [3.05, 3.63) is 36.0 Å². The van der Waals surface area contributed by atoms with Gasteiger partial charge in [0.2, 0.25) is 0 Å². The van der Waals surface area contributed by atoms with Gasteiger partial charge in [-0.1, -0.05) is 30.7 Å². The fourth-order valence-corrected chi connectivity index (χ4v) is 8.29. The van der Waals surface area contributed by atoms with Crippen molar-refractivity contribution in [2.45, 2.75) is 108 Å². The van der Waals surface area contributed by atoms with E-state index in [1.807, 2.05) is 26.8 Å². The van der Waals surface area contributed by atoms with E-state index in [9.17, 15) is 19.8 Å². The van der Waals surface area contributed by atoms with E-state index in [0.717, 1.165) is 5.57 Å². The summed E-state index contributed by atoms with van der Waals surface area (Å²) < 4.78 is 30.2. The molecule has 3 aliphatic carbocycles. The second kappa shape index (κ2) is 8.73. The van der Waals surface area contributed by atoms with Crippen LogP contribution in [-0.4, -0.2) is 76.8 Å². The van der Waals surface area contributed by atoms with Crippen LogP contribution in [-0.2, 0) is 33.3 Å². The van der Waals surface area contributed by atoms with Crippen LogP contribution in [0.1, 0.15) is 59.8 Å². The highest BCUT2D eigenvalue weighted by atomic mass is 16.7. The van der Waals surface area contributed by atoms with E-state index in [0.29, 0.717) is 32.1 Å². The normalized spacial score (nSPS) is 55.2. The van der Waals surface area contributed by atoms with Gasteiger partial charge in [0, 0.05) is 41.7 Å². The Balaban J connectivity index is 1.38. The molecule has 38 heavy (non-hydrogen) atoms. The van der Waals surface area contributed by atoms with Gasteiger partial charge in [0.25, 0.3) is 0 Å². The minimum absolute atomic E-state index is 0.0133. The zero-order chi connectivity index (χ0) is 27.1. The summed E-state index contributed by atoms with van der Waals surface area (Å²) in [5, 5.41) is 23.5. The zero-order valence-electron chi connectivity index (χ0n) is 22.4. The lowest BCUT2D eigenvalue weighted by atomic mass is 9.40. The Kier molecular flexibility index (Phi) is 6.02. The summed E-state index contributed by atoms with van der Waals surface area (Å²) in [6.07, 6.45) is 7.42. The fraction of sp³-hybridized carbons (Fsp3) is 0.724. The topological polar surface area (TPSA) is 121 Å². The molecule has 2 N–H and O–H groups in total. The number of carbonyl (C=O) groups is 2. The summed E-state index contributed by atoms with van der Waals surface area (Å²) in [7, 11) is 0. The highest BCUT2D eigenvalue weighted by Crippen LogP contribution is 2.74. The van der Waals surface area contributed by atoms with Crippen molar-refractivity contribution in [1.82, 2.24) is 0 Å².